The average Bonchev–Trinajstić information content (AvgIpc) is 2.20. The summed E-state index contributed by atoms with van der Waals surface area (Å²) in [4.78, 5) is 0. The Morgan fingerprint density at radius 2 is 2.07 bits per heavy atom. The molecule has 1 fully saturated rings. The number of nitrogens with one attached hydrogen (secondary N) is 1. The van der Waals surface area contributed by atoms with Gasteiger partial charge in [0.2, 0.25) is 0 Å². The van der Waals surface area contributed by atoms with Gasteiger partial charge in [0.25, 0.3) is 0 Å². The third-order valence-corrected chi connectivity index (χ3v) is 3.94. The average molecular weight is 232 g/mol. The Morgan fingerprint density at radius 3 is 2.60 bits per heavy atom. The van der Waals surface area contributed by atoms with E-state index < -0.39 is 0 Å². The highest BCUT2D eigenvalue weighted by Gasteiger charge is 2.26. The molecule has 2 heteroatoms. The SMILES string of the molecule is CCCCC(CC)CNCC1CC(Cl)C1. The standard InChI is InChI=1S/C13H26ClN/c1-3-5-6-11(4-2)9-15-10-12-7-13(14)8-12/h11-13,15H,3-10H2,1-2H3. The van der Waals surface area contributed by atoms with Crippen molar-refractivity contribution in [3.05, 3.63) is 0 Å². The van der Waals surface area contributed by atoms with Crippen LogP contribution in [-0.2, 0) is 0 Å². The molecule has 0 saturated heterocycles. The minimum Gasteiger partial charge on any atom is -0.316 e. The van der Waals surface area contributed by atoms with Crippen molar-refractivity contribution in [2.75, 3.05) is 13.1 Å². The fourth-order valence-electron chi connectivity index (χ4n) is 2.26. The lowest BCUT2D eigenvalue weighted by molar-refractivity contribution is 0.296. The van der Waals surface area contributed by atoms with Crippen molar-refractivity contribution in [2.45, 2.75) is 57.7 Å². The summed E-state index contributed by atoms with van der Waals surface area (Å²) < 4.78 is 0. The van der Waals surface area contributed by atoms with Crippen molar-refractivity contribution in [1.29, 1.82) is 0 Å². The van der Waals surface area contributed by atoms with Crippen molar-refractivity contribution < 1.29 is 0 Å². The number of alkyl halides is 1. The molecule has 0 radical (unpaired) electrons. The summed E-state index contributed by atoms with van der Waals surface area (Å²) in [6.45, 7) is 6.97. The molecule has 90 valence electrons. The van der Waals surface area contributed by atoms with E-state index in [1.165, 1.54) is 51.6 Å². The Labute approximate surface area is 100.0 Å². The molecule has 0 aromatic carbocycles. The van der Waals surface area contributed by atoms with E-state index in [1.807, 2.05) is 0 Å². The smallest absolute Gasteiger partial charge is 0.0342 e. The maximum atomic E-state index is 5.95. The van der Waals surface area contributed by atoms with Crippen LogP contribution in [0.3, 0.4) is 0 Å². The predicted octanol–water partition coefficient (Wildman–Crippen LogP) is 3.81. The van der Waals surface area contributed by atoms with Gasteiger partial charge in [-0.2, -0.15) is 0 Å². The second kappa shape index (κ2) is 7.51. The van der Waals surface area contributed by atoms with E-state index in [9.17, 15) is 0 Å². The van der Waals surface area contributed by atoms with E-state index >= 15 is 0 Å². The van der Waals surface area contributed by atoms with Crippen LogP contribution < -0.4 is 5.32 Å². The van der Waals surface area contributed by atoms with Gasteiger partial charge >= 0.3 is 0 Å². The Bertz CT molecular complexity index is 155. The first-order chi connectivity index (χ1) is 7.26. The molecule has 0 bridgehead atoms. The van der Waals surface area contributed by atoms with Gasteiger partial charge in [0.15, 0.2) is 0 Å². The predicted molar refractivity (Wildman–Crippen MR) is 68.5 cm³/mol. The highest BCUT2D eigenvalue weighted by molar-refractivity contribution is 6.21. The van der Waals surface area contributed by atoms with Crippen LogP contribution in [-0.4, -0.2) is 18.5 Å². The Balaban J connectivity index is 1.96. The quantitative estimate of drug-likeness (QED) is 0.627. The van der Waals surface area contributed by atoms with Gasteiger partial charge in [-0.1, -0.05) is 33.1 Å². The molecule has 1 rings (SSSR count). The van der Waals surface area contributed by atoms with E-state index in [1.54, 1.807) is 0 Å². The summed E-state index contributed by atoms with van der Waals surface area (Å²) in [5, 5.41) is 4.08. The highest BCUT2D eigenvalue weighted by Crippen LogP contribution is 2.31. The summed E-state index contributed by atoms with van der Waals surface area (Å²) in [6.07, 6.45) is 7.86. The molecule has 15 heavy (non-hydrogen) atoms. The molecule has 1 nitrogen and oxygen atoms in total. The van der Waals surface area contributed by atoms with Gasteiger partial charge in [-0.05, 0) is 44.2 Å². The van der Waals surface area contributed by atoms with Crippen molar-refractivity contribution in [1.82, 2.24) is 5.32 Å². The zero-order valence-corrected chi connectivity index (χ0v) is 11.0. The van der Waals surface area contributed by atoms with Crippen molar-refractivity contribution in [3.63, 3.8) is 0 Å². The summed E-state index contributed by atoms with van der Waals surface area (Å²) >= 11 is 5.95. The third-order valence-electron chi connectivity index (χ3n) is 3.59. The summed E-state index contributed by atoms with van der Waals surface area (Å²) in [5.41, 5.74) is 0. The molecular weight excluding hydrogens is 206 g/mol. The van der Waals surface area contributed by atoms with Gasteiger partial charge < -0.3 is 5.32 Å². The topological polar surface area (TPSA) is 12.0 Å². The molecule has 0 amide bonds. The molecule has 0 aliphatic heterocycles. The van der Waals surface area contributed by atoms with Crippen LogP contribution in [0.15, 0.2) is 0 Å². The molecule has 1 aliphatic rings. The maximum absolute atomic E-state index is 5.95. The Hall–Kier alpha value is 0.250. The molecular formula is C13H26ClN. The van der Waals surface area contributed by atoms with Crippen LogP contribution in [0.1, 0.15) is 52.4 Å². The largest absolute Gasteiger partial charge is 0.316 e. The van der Waals surface area contributed by atoms with Crippen LogP contribution >= 0.6 is 11.6 Å². The molecule has 0 aromatic heterocycles. The van der Waals surface area contributed by atoms with Crippen LogP contribution in [0.5, 0.6) is 0 Å². The second-order valence-corrected chi connectivity index (χ2v) is 5.63. The lowest BCUT2D eigenvalue weighted by Gasteiger charge is -2.31. The fraction of sp³-hybridized carbons (Fsp3) is 1.00. The lowest BCUT2D eigenvalue weighted by atomic mass is 9.84. The van der Waals surface area contributed by atoms with Gasteiger partial charge in [0.05, 0.1) is 0 Å². The molecule has 1 aliphatic carbocycles. The van der Waals surface area contributed by atoms with E-state index in [2.05, 4.69) is 19.2 Å². The lowest BCUT2D eigenvalue weighted by Crippen LogP contribution is -2.35. The van der Waals surface area contributed by atoms with Gasteiger partial charge in [-0.15, -0.1) is 11.6 Å². The summed E-state index contributed by atoms with van der Waals surface area (Å²) in [6, 6.07) is 0. The highest BCUT2D eigenvalue weighted by atomic mass is 35.5. The van der Waals surface area contributed by atoms with Crippen molar-refractivity contribution in [2.24, 2.45) is 11.8 Å². The van der Waals surface area contributed by atoms with Gasteiger partial charge in [-0.3, -0.25) is 0 Å². The molecule has 1 N–H and O–H groups in total. The Kier molecular flexibility index (Phi) is 6.67. The summed E-state index contributed by atoms with van der Waals surface area (Å²) in [7, 11) is 0. The second-order valence-electron chi connectivity index (χ2n) is 5.01. The fourth-order valence-corrected chi connectivity index (χ4v) is 2.76. The number of halogens is 1. The molecule has 1 unspecified atom stereocenters. The molecule has 1 atom stereocenters. The van der Waals surface area contributed by atoms with E-state index in [0.717, 1.165) is 11.8 Å². The first-order valence-corrected chi connectivity index (χ1v) is 7.04. The zero-order chi connectivity index (χ0) is 11.1. The molecule has 1 saturated carbocycles. The molecule has 0 aromatic rings. The summed E-state index contributed by atoms with van der Waals surface area (Å²) in [5.74, 6) is 1.74. The Morgan fingerprint density at radius 1 is 1.33 bits per heavy atom. The number of hydrogen-bond donors (Lipinski definition) is 1. The van der Waals surface area contributed by atoms with Gasteiger partial charge in [0.1, 0.15) is 0 Å². The first kappa shape index (κ1) is 13.3. The zero-order valence-electron chi connectivity index (χ0n) is 10.3. The van der Waals surface area contributed by atoms with E-state index in [4.69, 9.17) is 11.6 Å². The van der Waals surface area contributed by atoms with E-state index in [-0.39, 0.29) is 0 Å². The number of unbranched alkanes of at least 4 members (excludes halogenated alkanes) is 1. The minimum atomic E-state index is 0.471. The maximum Gasteiger partial charge on any atom is 0.0342 e. The van der Waals surface area contributed by atoms with Crippen molar-refractivity contribution in [3.8, 4) is 0 Å². The van der Waals surface area contributed by atoms with Crippen LogP contribution in [0, 0.1) is 11.8 Å². The van der Waals surface area contributed by atoms with Gasteiger partial charge in [0, 0.05) is 5.38 Å². The van der Waals surface area contributed by atoms with Crippen LogP contribution in [0.4, 0.5) is 0 Å². The van der Waals surface area contributed by atoms with Crippen LogP contribution in [0.2, 0.25) is 0 Å². The van der Waals surface area contributed by atoms with E-state index in [0.29, 0.717) is 5.38 Å². The van der Waals surface area contributed by atoms with Crippen LogP contribution in [0.25, 0.3) is 0 Å². The van der Waals surface area contributed by atoms with Gasteiger partial charge in [-0.25, -0.2) is 0 Å². The number of hydrogen-bond acceptors (Lipinski definition) is 1. The molecule has 0 heterocycles. The minimum absolute atomic E-state index is 0.471. The first-order valence-electron chi connectivity index (χ1n) is 6.61. The number of rotatable bonds is 8. The monoisotopic (exact) mass is 231 g/mol. The van der Waals surface area contributed by atoms with Crippen molar-refractivity contribution >= 4 is 11.6 Å². The normalized spacial score (nSPS) is 27.4. The third kappa shape index (κ3) is 5.21. The molecule has 0 spiro atoms.